The van der Waals surface area contributed by atoms with Crippen LogP contribution in [0.15, 0.2) is 0 Å². The van der Waals surface area contributed by atoms with Crippen LogP contribution in [-0.4, -0.2) is 43.5 Å². The van der Waals surface area contributed by atoms with Gasteiger partial charge in [0, 0.05) is 13.0 Å². The van der Waals surface area contributed by atoms with E-state index < -0.39 is 0 Å². The Kier molecular flexibility index (Phi) is 8.15. The number of carbonyl (C=O) groups excluding carboxylic acids is 1. The SMILES string of the molecule is CC(C)(CCN)CCC(=O)NCCCN1CCCCC1. The molecular formula is C16H33N3O. The van der Waals surface area contributed by atoms with Crippen LogP contribution < -0.4 is 11.1 Å². The molecule has 0 aromatic rings. The van der Waals surface area contributed by atoms with Crippen molar-refractivity contribution in [2.24, 2.45) is 11.1 Å². The highest BCUT2D eigenvalue weighted by atomic mass is 16.1. The Morgan fingerprint density at radius 3 is 2.55 bits per heavy atom. The van der Waals surface area contributed by atoms with Crippen molar-refractivity contribution >= 4 is 5.91 Å². The zero-order chi connectivity index (χ0) is 14.8. The lowest BCUT2D eigenvalue weighted by Gasteiger charge is -2.26. The molecule has 0 aromatic heterocycles. The molecule has 1 amide bonds. The summed E-state index contributed by atoms with van der Waals surface area (Å²) in [4.78, 5) is 14.3. The minimum absolute atomic E-state index is 0.180. The zero-order valence-corrected chi connectivity index (χ0v) is 13.4. The third-order valence-electron chi connectivity index (χ3n) is 4.27. The van der Waals surface area contributed by atoms with Gasteiger partial charge in [-0.3, -0.25) is 4.79 Å². The molecule has 20 heavy (non-hydrogen) atoms. The summed E-state index contributed by atoms with van der Waals surface area (Å²) >= 11 is 0. The molecule has 1 aliphatic heterocycles. The summed E-state index contributed by atoms with van der Waals surface area (Å²) < 4.78 is 0. The van der Waals surface area contributed by atoms with Gasteiger partial charge in [-0.25, -0.2) is 0 Å². The molecule has 1 rings (SSSR count). The van der Waals surface area contributed by atoms with E-state index in [4.69, 9.17) is 5.73 Å². The van der Waals surface area contributed by atoms with Crippen molar-refractivity contribution < 1.29 is 4.79 Å². The van der Waals surface area contributed by atoms with Gasteiger partial charge in [-0.05, 0) is 63.7 Å². The maximum absolute atomic E-state index is 11.8. The number of piperidine rings is 1. The number of hydrogen-bond acceptors (Lipinski definition) is 3. The highest BCUT2D eigenvalue weighted by Gasteiger charge is 2.18. The minimum atomic E-state index is 0.180. The standard InChI is InChI=1S/C16H33N3O/c1-16(2,9-10-17)8-7-15(20)18-11-6-14-19-12-4-3-5-13-19/h3-14,17H2,1-2H3,(H,18,20). The fourth-order valence-corrected chi connectivity index (χ4v) is 2.77. The van der Waals surface area contributed by atoms with Gasteiger partial charge in [0.25, 0.3) is 0 Å². The van der Waals surface area contributed by atoms with Crippen LogP contribution >= 0.6 is 0 Å². The Labute approximate surface area is 124 Å². The van der Waals surface area contributed by atoms with Crippen LogP contribution in [0.5, 0.6) is 0 Å². The largest absolute Gasteiger partial charge is 0.356 e. The van der Waals surface area contributed by atoms with Crippen molar-refractivity contribution in [1.82, 2.24) is 10.2 Å². The van der Waals surface area contributed by atoms with Crippen LogP contribution in [0.1, 0.15) is 58.8 Å². The van der Waals surface area contributed by atoms with Gasteiger partial charge >= 0.3 is 0 Å². The highest BCUT2D eigenvalue weighted by molar-refractivity contribution is 5.75. The number of nitrogens with zero attached hydrogens (tertiary/aromatic N) is 1. The Balaban J connectivity index is 2.02. The molecule has 118 valence electrons. The number of nitrogens with one attached hydrogen (secondary N) is 1. The van der Waals surface area contributed by atoms with E-state index in [0.717, 1.165) is 32.4 Å². The van der Waals surface area contributed by atoms with Crippen molar-refractivity contribution in [2.45, 2.75) is 58.8 Å². The summed E-state index contributed by atoms with van der Waals surface area (Å²) in [5.41, 5.74) is 5.77. The van der Waals surface area contributed by atoms with Crippen molar-refractivity contribution in [1.29, 1.82) is 0 Å². The fourth-order valence-electron chi connectivity index (χ4n) is 2.77. The normalized spacial score (nSPS) is 17.1. The van der Waals surface area contributed by atoms with Gasteiger partial charge in [0.15, 0.2) is 0 Å². The Morgan fingerprint density at radius 1 is 1.20 bits per heavy atom. The number of amides is 1. The summed E-state index contributed by atoms with van der Waals surface area (Å²) in [7, 11) is 0. The summed E-state index contributed by atoms with van der Waals surface area (Å²) in [6.45, 7) is 9.48. The number of carbonyl (C=O) groups is 1. The third-order valence-corrected chi connectivity index (χ3v) is 4.27. The number of hydrogen-bond donors (Lipinski definition) is 2. The van der Waals surface area contributed by atoms with E-state index >= 15 is 0 Å². The lowest BCUT2D eigenvalue weighted by atomic mass is 9.84. The molecular weight excluding hydrogens is 250 g/mol. The molecule has 0 spiro atoms. The maximum atomic E-state index is 11.8. The lowest BCUT2D eigenvalue weighted by Crippen LogP contribution is -2.33. The summed E-state index contributed by atoms with van der Waals surface area (Å²) in [6, 6.07) is 0. The summed E-state index contributed by atoms with van der Waals surface area (Å²) in [5.74, 6) is 0.189. The second-order valence-electron chi connectivity index (χ2n) is 6.81. The first-order valence-electron chi connectivity index (χ1n) is 8.23. The lowest BCUT2D eigenvalue weighted by molar-refractivity contribution is -0.121. The molecule has 1 heterocycles. The van der Waals surface area contributed by atoms with Gasteiger partial charge in [0.05, 0.1) is 0 Å². The highest BCUT2D eigenvalue weighted by Crippen LogP contribution is 2.25. The van der Waals surface area contributed by atoms with Crippen LogP contribution in [0.4, 0.5) is 0 Å². The smallest absolute Gasteiger partial charge is 0.220 e. The summed E-state index contributed by atoms with van der Waals surface area (Å²) in [5, 5.41) is 3.04. The van der Waals surface area contributed by atoms with E-state index in [1.54, 1.807) is 0 Å². The van der Waals surface area contributed by atoms with Crippen LogP contribution in [0, 0.1) is 5.41 Å². The topological polar surface area (TPSA) is 58.4 Å². The molecule has 4 nitrogen and oxygen atoms in total. The van der Waals surface area contributed by atoms with E-state index in [0.29, 0.717) is 13.0 Å². The van der Waals surface area contributed by atoms with Gasteiger partial charge in [-0.1, -0.05) is 20.3 Å². The van der Waals surface area contributed by atoms with Gasteiger partial charge < -0.3 is 16.0 Å². The predicted octanol–water partition coefficient (Wildman–Crippen LogP) is 2.13. The number of nitrogens with two attached hydrogens (primary N) is 1. The van der Waals surface area contributed by atoms with Crippen LogP contribution in [-0.2, 0) is 4.79 Å². The van der Waals surface area contributed by atoms with Gasteiger partial charge in [0.2, 0.25) is 5.91 Å². The van der Waals surface area contributed by atoms with E-state index in [1.807, 2.05) is 0 Å². The van der Waals surface area contributed by atoms with Crippen LogP contribution in [0.2, 0.25) is 0 Å². The van der Waals surface area contributed by atoms with Crippen molar-refractivity contribution in [3.05, 3.63) is 0 Å². The van der Waals surface area contributed by atoms with Crippen LogP contribution in [0.25, 0.3) is 0 Å². The van der Waals surface area contributed by atoms with E-state index in [-0.39, 0.29) is 11.3 Å². The first kappa shape index (κ1) is 17.4. The Hall–Kier alpha value is -0.610. The van der Waals surface area contributed by atoms with Gasteiger partial charge in [-0.15, -0.1) is 0 Å². The predicted molar refractivity (Wildman–Crippen MR) is 84.6 cm³/mol. The monoisotopic (exact) mass is 283 g/mol. The van der Waals surface area contributed by atoms with Crippen molar-refractivity contribution in [3.8, 4) is 0 Å². The first-order chi connectivity index (χ1) is 9.53. The number of likely N-dealkylation sites (tertiary alicyclic amines) is 1. The van der Waals surface area contributed by atoms with E-state index in [9.17, 15) is 4.79 Å². The molecule has 1 saturated heterocycles. The van der Waals surface area contributed by atoms with Crippen molar-refractivity contribution in [3.63, 3.8) is 0 Å². The molecule has 0 radical (unpaired) electrons. The van der Waals surface area contributed by atoms with Crippen molar-refractivity contribution in [2.75, 3.05) is 32.7 Å². The fraction of sp³-hybridized carbons (Fsp3) is 0.938. The molecule has 0 bridgehead atoms. The first-order valence-corrected chi connectivity index (χ1v) is 8.23. The quantitative estimate of drug-likeness (QED) is 0.637. The molecule has 0 unspecified atom stereocenters. The zero-order valence-electron chi connectivity index (χ0n) is 13.4. The molecule has 0 atom stereocenters. The number of rotatable bonds is 9. The molecule has 0 saturated carbocycles. The van der Waals surface area contributed by atoms with Crippen LogP contribution in [0.3, 0.4) is 0 Å². The molecule has 0 aromatic carbocycles. The van der Waals surface area contributed by atoms with Gasteiger partial charge in [0.1, 0.15) is 0 Å². The Morgan fingerprint density at radius 2 is 1.90 bits per heavy atom. The second kappa shape index (κ2) is 9.35. The maximum Gasteiger partial charge on any atom is 0.220 e. The molecule has 4 heteroatoms. The average Bonchev–Trinajstić information content (AvgIpc) is 2.43. The minimum Gasteiger partial charge on any atom is -0.356 e. The molecule has 3 N–H and O–H groups in total. The average molecular weight is 283 g/mol. The van der Waals surface area contributed by atoms with E-state index in [1.165, 1.54) is 32.4 Å². The third kappa shape index (κ3) is 7.85. The molecule has 0 aliphatic carbocycles. The molecule has 1 aliphatic rings. The second-order valence-corrected chi connectivity index (χ2v) is 6.81. The molecule has 1 fully saturated rings. The summed E-state index contributed by atoms with van der Waals surface area (Å²) in [6.07, 6.45) is 7.64. The Bertz CT molecular complexity index is 273. The van der Waals surface area contributed by atoms with Gasteiger partial charge in [-0.2, -0.15) is 0 Å². The van der Waals surface area contributed by atoms with E-state index in [2.05, 4.69) is 24.1 Å².